The summed E-state index contributed by atoms with van der Waals surface area (Å²) < 4.78 is 0. The molecule has 2 heteroatoms. The Kier molecular flexibility index (Phi) is 3.87. The average Bonchev–Trinajstić information content (AvgIpc) is 2.04. The van der Waals surface area contributed by atoms with E-state index in [1.165, 1.54) is 19.3 Å². The van der Waals surface area contributed by atoms with Crippen LogP contribution in [0.4, 0.5) is 0 Å². The molecule has 2 nitrogen and oxygen atoms in total. The first-order valence-electron chi connectivity index (χ1n) is 4.71. The summed E-state index contributed by atoms with van der Waals surface area (Å²) in [6, 6.07) is 0. The summed E-state index contributed by atoms with van der Waals surface area (Å²) in [5.74, 6) is 0.849. The SMILES string of the molecule is NCCCC1CCC(O)CC1. The standard InChI is InChI=1S/C9H19NO/c10-7-1-2-8-3-5-9(11)6-4-8/h8-9,11H,1-7,10H2. The Labute approximate surface area is 68.8 Å². The summed E-state index contributed by atoms with van der Waals surface area (Å²) in [5.41, 5.74) is 5.42. The minimum atomic E-state index is -0.0101. The molecule has 0 bridgehead atoms. The highest BCUT2D eigenvalue weighted by atomic mass is 16.3. The Morgan fingerprint density at radius 2 is 1.82 bits per heavy atom. The van der Waals surface area contributed by atoms with Crippen LogP contribution in [0.2, 0.25) is 0 Å². The molecule has 1 aliphatic rings. The second kappa shape index (κ2) is 4.73. The van der Waals surface area contributed by atoms with Gasteiger partial charge in [0, 0.05) is 0 Å². The molecule has 0 amide bonds. The lowest BCUT2D eigenvalue weighted by Gasteiger charge is -2.24. The number of hydrogen-bond donors (Lipinski definition) is 2. The predicted octanol–water partition coefficient (Wildman–Crippen LogP) is 1.28. The van der Waals surface area contributed by atoms with Crippen molar-refractivity contribution in [1.29, 1.82) is 0 Å². The maximum atomic E-state index is 9.23. The molecule has 0 aliphatic heterocycles. The van der Waals surface area contributed by atoms with E-state index in [0.29, 0.717) is 0 Å². The fourth-order valence-electron chi connectivity index (χ4n) is 1.84. The quantitative estimate of drug-likeness (QED) is 0.648. The summed E-state index contributed by atoms with van der Waals surface area (Å²) in [6.07, 6.45) is 6.85. The summed E-state index contributed by atoms with van der Waals surface area (Å²) >= 11 is 0. The van der Waals surface area contributed by atoms with E-state index >= 15 is 0 Å². The molecule has 1 saturated carbocycles. The summed E-state index contributed by atoms with van der Waals surface area (Å²) in [5, 5.41) is 9.23. The van der Waals surface area contributed by atoms with E-state index in [2.05, 4.69) is 0 Å². The van der Waals surface area contributed by atoms with Crippen molar-refractivity contribution in [3.8, 4) is 0 Å². The van der Waals surface area contributed by atoms with E-state index in [0.717, 1.165) is 31.7 Å². The van der Waals surface area contributed by atoms with E-state index in [1.54, 1.807) is 0 Å². The molecule has 1 aliphatic carbocycles. The third-order valence-electron chi connectivity index (χ3n) is 2.63. The molecule has 0 atom stereocenters. The number of rotatable bonds is 3. The lowest BCUT2D eigenvalue weighted by Crippen LogP contribution is -2.18. The molecule has 11 heavy (non-hydrogen) atoms. The van der Waals surface area contributed by atoms with Crippen molar-refractivity contribution in [2.45, 2.75) is 44.6 Å². The molecule has 1 fully saturated rings. The van der Waals surface area contributed by atoms with Gasteiger partial charge in [-0.25, -0.2) is 0 Å². The molecule has 66 valence electrons. The summed E-state index contributed by atoms with van der Waals surface area (Å²) in [6.45, 7) is 0.819. The van der Waals surface area contributed by atoms with Crippen LogP contribution in [0.5, 0.6) is 0 Å². The Hall–Kier alpha value is -0.0800. The van der Waals surface area contributed by atoms with Gasteiger partial charge in [-0.15, -0.1) is 0 Å². The molecule has 0 heterocycles. The normalized spacial score (nSPS) is 32.2. The molecule has 1 rings (SSSR count). The monoisotopic (exact) mass is 157 g/mol. The Morgan fingerprint density at radius 3 is 2.36 bits per heavy atom. The third-order valence-corrected chi connectivity index (χ3v) is 2.63. The smallest absolute Gasteiger partial charge is 0.0540 e. The average molecular weight is 157 g/mol. The van der Waals surface area contributed by atoms with Gasteiger partial charge in [0.2, 0.25) is 0 Å². The molecule has 0 radical (unpaired) electrons. The number of nitrogens with two attached hydrogens (primary N) is 1. The Bertz CT molecular complexity index is 95.0. The summed E-state index contributed by atoms with van der Waals surface area (Å²) in [4.78, 5) is 0. The van der Waals surface area contributed by atoms with Gasteiger partial charge < -0.3 is 10.8 Å². The van der Waals surface area contributed by atoms with Gasteiger partial charge in [0.25, 0.3) is 0 Å². The molecule has 0 aromatic carbocycles. The van der Waals surface area contributed by atoms with Crippen molar-refractivity contribution in [3.05, 3.63) is 0 Å². The van der Waals surface area contributed by atoms with Gasteiger partial charge >= 0.3 is 0 Å². The highest BCUT2D eigenvalue weighted by Crippen LogP contribution is 2.27. The van der Waals surface area contributed by atoms with Gasteiger partial charge in [0.05, 0.1) is 6.10 Å². The largest absolute Gasteiger partial charge is 0.393 e. The molecule has 0 aromatic heterocycles. The molecule has 0 spiro atoms. The zero-order valence-electron chi connectivity index (χ0n) is 7.13. The van der Waals surface area contributed by atoms with E-state index in [1.807, 2.05) is 0 Å². The third kappa shape index (κ3) is 3.21. The fourth-order valence-corrected chi connectivity index (χ4v) is 1.84. The van der Waals surface area contributed by atoms with Crippen LogP contribution in [0.3, 0.4) is 0 Å². The van der Waals surface area contributed by atoms with Gasteiger partial charge in [-0.1, -0.05) is 0 Å². The van der Waals surface area contributed by atoms with Crippen molar-refractivity contribution in [1.82, 2.24) is 0 Å². The summed E-state index contributed by atoms with van der Waals surface area (Å²) in [7, 11) is 0. The molecular weight excluding hydrogens is 138 g/mol. The van der Waals surface area contributed by atoms with Crippen LogP contribution in [-0.2, 0) is 0 Å². The Balaban J connectivity index is 2.07. The van der Waals surface area contributed by atoms with Crippen molar-refractivity contribution in [2.75, 3.05) is 6.54 Å². The Morgan fingerprint density at radius 1 is 1.18 bits per heavy atom. The maximum absolute atomic E-state index is 9.23. The first-order valence-corrected chi connectivity index (χ1v) is 4.71. The first-order chi connectivity index (χ1) is 5.33. The zero-order valence-corrected chi connectivity index (χ0v) is 7.13. The van der Waals surface area contributed by atoms with E-state index in [-0.39, 0.29) is 6.10 Å². The lowest BCUT2D eigenvalue weighted by atomic mass is 9.85. The number of aliphatic hydroxyl groups is 1. The van der Waals surface area contributed by atoms with Crippen LogP contribution in [0.1, 0.15) is 38.5 Å². The van der Waals surface area contributed by atoms with Crippen LogP contribution in [-0.4, -0.2) is 17.8 Å². The fraction of sp³-hybridized carbons (Fsp3) is 1.00. The highest BCUT2D eigenvalue weighted by molar-refractivity contribution is 4.71. The molecule has 0 saturated heterocycles. The predicted molar refractivity (Wildman–Crippen MR) is 46.3 cm³/mol. The van der Waals surface area contributed by atoms with Crippen LogP contribution >= 0.6 is 0 Å². The van der Waals surface area contributed by atoms with Crippen molar-refractivity contribution >= 4 is 0 Å². The maximum Gasteiger partial charge on any atom is 0.0540 e. The number of hydrogen-bond acceptors (Lipinski definition) is 2. The first kappa shape index (κ1) is 9.01. The lowest BCUT2D eigenvalue weighted by molar-refractivity contribution is 0.106. The van der Waals surface area contributed by atoms with Gasteiger partial charge in [-0.2, -0.15) is 0 Å². The van der Waals surface area contributed by atoms with Gasteiger partial charge in [-0.3, -0.25) is 0 Å². The minimum absolute atomic E-state index is 0.0101. The van der Waals surface area contributed by atoms with Crippen LogP contribution in [0.15, 0.2) is 0 Å². The second-order valence-electron chi connectivity index (χ2n) is 3.61. The van der Waals surface area contributed by atoms with E-state index in [9.17, 15) is 5.11 Å². The topological polar surface area (TPSA) is 46.2 Å². The van der Waals surface area contributed by atoms with Gasteiger partial charge in [0.1, 0.15) is 0 Å². The van der Waals surface area contributed by atoms with Crippen LogP contribution in [0, 0.1) is 5.92 Å². The van der Waals surface area contributed by atoms with Gasteiger partial charge in [0.15, 0.2) is 0 Å². The van der Waals surface area contributed by atoms with Crippen molar-refractivity contribution in [3.63, 3.8) is 0 Å². The molecule has 0 aromatic rings. The second-order valence-corrected chi connectivity index (χ2v) is 3.61. The van der Waals surface area contributed by atoms with Gasteiger partial charge in [-0.05, 0) is 51.0 Å². The van der Waals surface area contributed by atoms with Crippen molar-refractivity contribution in [2.24, 2.45) is 11.7 Å². The van der Waals surface area contributed by atoms with E-state index in [4.69, 9.17) is 5.73 Å². The van der Waals surface area contributed by atoms with Crippen LogP contribution in [0.25, 0.3) is 0 Å². The van der Waals surface area contributed by atoms with Crippen LogP contribution < -0.4 is 5.73 Å². The van der Waals surface area contributed by atoms with Crippen molar-refractivity contribution < 1.29 is 5.11 Å². The molecule has 0 unspecified atom stereocenters. The highest BCUT2D eigenvalue weighted by Gasteiger charge is 2.18. The molecular formula is C9H19NO. The number of aliphatic hydroxyl groups excluding tert-OH is 1. The zero-order chi connectivity index (χ0) is 8.10. The molecule has 3 N–H and O–H groups in total. The van der Waals surface area contributed by atoms with E-state index < -0.39 is 0 Å². The minimum Gasteiger partial charge on any atom is -0.393 e.